The summed E-state index contributed by atoms with van der Waals surface area (Å²) < 4.78 is 4.97. The number of carbonyl (C=O) groups is 1. The minimum Gasteiger partial charge on any atom is -0.466 e. The van der Waals surface area contributed by atoms with Crippen LogP contribution in [0.2, 0.25) is 0 Å². The van der Waals surface area contributed by atoms with Gasteiger partial charge in [0.2, 0.25) is 0 Å². The van der Waals surface area contributed by atoms with E-state index in [1.54, 1.807) is 0 Å². The van der Waals surface area contributed by atoms with Crippen molar-refractivity contribution in [2.45, 2.75) is 27.2 Å². The molecule has 86 valence electrons. The Morgan fingerprint density at radius 3 is 2.31 bits per heavy atom. The van der Waals surface area contributed by atoms with E-state index in [0.717, 1.165) is 16.7 Å². The molecule has 0 saturated carbocycles. The predicted molar refractivity (Wildman–Crippen MR) is 66.0 cm³/mol. The van der Waals surface area contributed by atoms with Crippen LogP contribution >= 0.6 is 0 Å². The molecule has 0 aliphatic rings. The van der Waals surface area contributed by atoms with Gasteiger partial charge in [0.15, 0.2) is 0 Å². The second-order valence-corrected chi connectivity index (χ2v) is 3.83. The number of hydrogen-bond donors (Lipinski definition) is 0. The van der Waals surface area contributed by atoms with Crippen molar-refractivity contribution in [3.8, 4) is 0 Å². The first kappa shape index (κ1) is 12.5. The van der Waals surface area contributed by atoms with E-state index < -0.39 is 0 Å². The van der Waals surface area contributed by atoms with Crippen LogP contribution in [-0.4, -0.2) is 12.6 Å². The molecule has 1 rings (SSSR count). The number of hydrogen-bond acceptors (Lipinski definition) is 2. The Kier molecular flexibility index (Phi) is 4.77. The van der Waals surface area contributed by atoms with Crippen LogP contribution in [0, 0.1) is 0 Å². The maximum absolute atomic E-state index is 11.5. The maximum atomic E-state index is 11.5. The minimum atomic E-state index is -0.164. The fourth-order valence-electron chi connectivity index (χ4n) is 1.56. The smallest absolute Gasteiger partial charge is 0.310 e. The van der Waals surface area contributed by atoms with Gasteiger partial charge in [0, 0.05) is 0 Å². The van der Waals surface area contributed by atoms with Crippen molar-refractivity contribution >= 4 is 11.5 Å². The van der Waals surface area contributed by atoms with Crippen LogP contribution in [-0.2, 0) is 9.53 Å². The highest BCUT2D eigenvalue weighted by Crippen LogP contribution is 2.22. The summed E-state index contributed by atoms with van der Waals surface area (Å²) in [5.74, 6) is -0.164. The average Bonchev–Trinajstić information content (AvgIpc) is 2.27. The van der Waals surface area contributed by atoms with E-state index in [2.05, 4.69) is 0 Å². The van der Waals surface area contributed by atoms with Gasteiger partial charge < -0.3 is 4.74 Å². The summed E-state index contributed by atoms with van der Waals surface area (Å²) in [4.78, 5) is 11.5. The largest absolute Gasteiger partial charge is 0.466 e. The van der Waals surface area contributed by atoms with E-state index in [-0.39, 0.29) is 5.97 Å². The maximum Gasteiger partial charge on any atom is 0.310 e. The van der Waals surface area contributed by atoms with Gasteiger partial charge in [-0.2, -0.15) is 0 Å². The number of ether oxygens (including phenoxy) is 1. The molecule has 1 aromatic carbocycles. The van der Waals surface area contributed by atoms with Gasteiger partial charge in [-0.3, -0.25) is 4.79 Å². The van der Waals surface area contributed by atoms with E-state index in [1.807, 2.05) is 51.1 Å². The van der Waals surface area contributed by atoms with Crippen LogP contribution in [0.1, 0.15) is 32.8 Å². The van der Waals surface area contributed by atoms with Crippen molar-refractivity contribution < 1.29 is 9.53 Å². The second-order valence-electron chi connectivity index (χ2n) is 3.83. The topological polar surface area (TPSA) is 26.3 Å². The Hall–Kier alpha value is -1.57. The van der Waals surface area contributed by atoms with Crippen molar-refractivity contribution in [3.05, 3.63) is 41.5 Å². The van der Waals surface area contributed by atoms with E-state index in [9.17, 15) is 4.79 Å². The summed E-state index contributed by atoms with van der Waals surface area (Å²) in [6, 6.07) is 9.95. The molecule has 0 N–H and O–H groups in total. The number of allylic oxidation sites excluding steroid dienone is 1. The quantitative estimate of drug-likeness (QED) is 0.724. The van der Waals surface area contributed by atoms with E-state index in [1.165, 1.54) is 0 Å². The molecule has 0 heterocycles. The Balaban J connectivity index is 2.87. The van der Waals surface area contributed by atoms with Crippen LogP contribution in [0.25, 0.3) is 5.57 Å². The van der Waals surface area contributed by atoms with Crippen LogP contribution in [0.5, 0.6) is 0 Å². The normalized spacial score (nSPS) is 9.69. The number of carbonyl (C=O) groups excluding carboxylic acids is 1. The highest BCUT2D eigenvalue weighted by molar-refractivity contribution is 5.86. The van der Waals surface area contributed by atoms with Crippen LogP contribution in [0.15, 0.2) is 35.9 Å². The summed E-state index contributed by atoms with van der Waals surface area (Å²) in [7, 11) is 0. The highest BCUT2D eigenvalue weighted by Gasteiger charge is 2.09. The summed E-state index contributed by atoms with van der Waals surface area (Å²) in [6.45, 7) is 6.29. The molecule has 2 nitrogen and oxygen atoms in total. The third kappa shape index (κ3) is 3.54. The standard InChI is InChI=1S/C14H18O2/c1-4-16-14(15)10-13(11(2)3)12-8-6-5-7-9-12/h5-9H,4,10H2,1-3H3. The van der Waals surface area contributed by atoms with Crippen LogP contribution < -0.4 is 0 Å². The monoisotopic (exact) mass is 218 g/mol. The first-order chi connectivity index (χ1) is 7.65. The fourth-order valence-corrected chi connectivity index (χ4v) is 1.56. The van der Waals surface area contributed by atoms with Crippen molar-refractivity contribution in [3.63, 3.8) is 0 Å². The first-order valence-corrected chi connectivity index (χ1v) is 5.52. The molecule has 0 saturated heterocycles. The summed E-state index contributed by atoms with van der Waals surface area (Å²) >= 11 is 0. The molecule has 0 spiro atoms. The molecule has 0 radical (unpaired) electrons. The molecule has 0 fully saturated rings. The third-order valence-electron chi connectivity index (χ3n) is 2.35. The van der Waals surface area contributed by atoms with Crippen molar-refractivity contribution in [1.29, 1.82) is 0 Å². The minimum absolute atomic E-state index is 0.164. The lowest BCUT2D eigenvalue weighted by molar-refractivity contribution is -0.141. The Labute approximate surface area is 96.9 Å². The molecule has 2 heteroatoms. The molecular weight excluding hydrogens is 200 g/mol. The molecule has 0 bridgehead atoms. The van der Waals surface area contributed by atoms with Gasteiger partial charge in [-0.15, -0.1) is 0 Å². The molecule has 0 atom stereocenters. The summed E-state index contributed by atoms with van der Waals surface area (Å²) in [6.07, 6.45) is 0.347. The Bertz CT molecular complexity index is 373. The molecule has 0 amide bonds. The molecule has 0 aromatic heterocycles. The zero-order valence-electron chi connectivity index (χ0n) is 10.1. The molecule has 0 aliphatic carbocycles. The van der Waals surface area contributed by atoms with Crippen LogP contribution in [0.3, 0.4) is 0 Å². The van der Waals surface area contributed by atoms with Gasteiger partial charge in [0.25, 0.3) is 0 Å². The third-order valence-corrected chi connectivity index (χ3v) is 2.35. The predicted octanol–water partition coefficient (Wildman–Crippen LogP) is 3.43. The number of esters is 1. The lowest BCUT2D eigenvalue weighted by Crippen LogP contribution is -2.05. The van der Waals surface area contributed by atoms with Gasteiger partial charge >= 0.3 is 5.97 Å². The molecule has 0 aliphatic heterocycles. The highest BCUT2D eigenvalue weighted by atomic mass is 16.5. The van der Waals surface area contributed by atoms with Crippen molar-refractivity contribution in [2.24, 2.45) is 0 Å². The molecule has 1 aromatic rings. The SMILES string of the molecule is CCOC(=O)CC(=C(C)C)c1ccccc1. The van der Waals surface area contributed by atoms with Crippen molar-refractivity contribution in [2.75, 3.05) is 6.61 Å². The van der Waals surface area contributed by atoms with Gasteiger partial charge in [0.05, 0.1) is 13.0 Å². The molecule has 16 heavy (non-hydrogen) atoms. The molecular formula is C14H18O2. The Morgan fingerprint density at radius 2 is 1.81 bits per heavy atom. The van der Waals surface area contributed by atoms with E-state index >= 15 is 0 Å². The first-order valence-electron chi connectivity index (χ1n) is 5.52. The van der Waals surface area contributed by atoms with Gasteiger partial charge in [-0.25, -0.2) is 0 Å². The van der Waals surface area contributed by atoms with E-state index in [4.69, 9.17) is 4.74 Å². The zero-order valence-corrected chi connectivity index (χ0v) is 10.1. The van der Waals surface area contributed by atoms with Gasteiger partial charge in [-0.05, 0) is 31.9 Å². The van der Waals surface area contributed by atoms with E-state index in [0.29, 0.717) is 13.0 Å². The Morgan fingerprint density at radius 1 is 1.19 bits per heavy atom. The lowest BCUT2D eigenvalue weighted by Gasteiger charge is -2.09. The van der Waals surface area contributed by atoms with Gasteiger partial charge in [-0.1, -0.05) is 35.9 Å². The number of benzene rings is 1. The molecule has 0 unspecified atom stereocenters. The van der Waals surface area contributed by atoms with Crippen LogP contribution in [0.4, 0.5) is 0 Å². The van der Waals surface area contributed by atoms with Crippen molar-refractivity contribution in [1.82, 2.24) is 0 Å². The summed E-state index contributed by atoms with van der Waals surface area (Å²) in [5, 5.41) is 0. The number of rotatable bonds is 4. The summed E-state index contributed by atoms with van der Waals surface area (Å²) in [5.41, 5.74) is 3.30. The fraction of sp³-hybridized carbons (Fsp3) is 0.357. The van der Waals surface area contributed by atoms with Gasteiger partial charge in [0.1, 0.15) is 0 Å². The average molecular weight is 218 g/mol. The second kappa shape index (κ2) is 6.11. The lowest BCUT2D eigenvalue weighted by atomic mass is 9.99. The zero-order chi connectivity index (χ0) is 12.0.